The summed E-state index contributed by atoms with van der Waals surface area (Å²) in [6.45, 7) is 4.26. The summed E-state index contributed by atoms with van der Waals surface area (Å²) in [6.07, 6.45) is 7.85. The first kappa shape index (κ1) is 21.9. The van der Waals surface area contributed by atoms with Crippen LogP contribution in [0.25, 0.3) is 0 Å². The van der Waals surface area contributed by atoms with Gasteiger partial charge in [-0.2, -0.15) is 0 Å². The molecule has 152 valence electrons. The summed E-state index contributed by atoms with van der Waals surface area (Å²) in [6, 6.07) is 7.92. The van der Waals surface area contributed by atoms with Crippen molar-refractivity contribution in [3.8, 4) is 0 Å². The third-order valence-electron chi connectivity index (χ3n) is 5.47. The monoisotopic (exact) mass is 395 g/mol. The number of sulfone groups is 1. The van der Waals surface area contributed by atoms with Gasteiger partial charge in [0.05, 0.1) is 17.4 Å². The minimum atomic E-state index is -3.47. The van der Waals surface area contributed by atoms with Gasteiger partial charge in [-0.3, -0.25) is 4.79 Å². The zero-order chi connectivity index (χ0) is 19.9. The fraction of sp³-hybridized carbons (Fsp3) is 0.667. The van der Waals surface area contributed by atoms with Gasteiger partial charge in [0.2, 0.25) is 0 Å². The van der Waals surface area contributed by atoms with Crippen molar-refractivity contribution in [1.82, 2.24) is 5.32 Å². The molecule has 0 aliphatic heterocycles. The number of aliphatic carboxylic acids is 1. The zero-order valence-corrected chi connectivity index (χ0v) is 17.3. The van der Waals surface area contributed by atoms with Crippen molar-refractivity contribution >= 4 is 15.8 Å². The maximum atomic E-state index is 12.4. The van der Waals surface area contributed by atoms with E-state index in [2.05, 4.69) is 12.2 Å². The Bertz CT molecular complexity index is 711. The van der Waals surface area contributed by atoms with Gasteiger partial charge < -0.3 is 10.4 Å². The smallest absolute Gasteiger partial charge is 0.307 e. The maximum absolute atomic E-state index is 12.4. The van der Waals surface area contributed by atoms with Gasteiger partial charge in [0.25, 0.3) is 0 Å². The van der Waals surface area contributed by atoms with Crippen LogP contribution in [0.5, 0.6) is 0 Å². The summed E-state index contributed by atoms with van der Waals surface area (Å²) in [4.78, 5) is 11.0. The van der Waals surface area contributed by atoms with Crippen molar-refractivity contribution in [3.63, 3.8) is 0 Å². The van der Waals surface area contributed by atoms with Crippen LogP contribution in [-0.2, 0) is 26.9 Å². The first-order chi connectivity index (χ1) is 12.8. The highest BCUT2D eigenvalue weighted by atomic mass is 32.2. The van der Waals surface area contributed by atoms with Crippen molar-refractivity contribution in [3.05, 3.63) is 35.4 Å². The molecule has 1 unspecified atom stereocenters. The van der Waals surface area contributed by atoms with Crippen LogP contribution in [0.15, 0.2) is 24.3 Å². The molecule has 0 amide bonds. The van der Waals surface area contributed by atoms with Crippen LogP contribution in [0.1, 0.15) is 63.5 Å². The van der Waals surface area contributed by atoms with E-state index >= 15 is 0 Å². The Hall–Kier alpha value is -1.40. The minimum absolute atomic E-state index is 0.112. The molecule has 0 saturated heterocycles. The van der Waals surface area contributed by atoms with E-state index in [-0.39, 0.29) is 11.5 Å². The summed E-state index contributed by atoms with van der Waals surface area (Å²) in [5.74, 6) is -1.61. The van der Waals surface area contributed by atoms with E-state index in [0.29, 0.717) is 12.6 Å². The molecular weight excluding hydrogens is 362 g/mol. The molecule has 1 fully saturated rings. The Labute approximate surface area is 163 Å². The average molecular weight is 396 g/mol. The van der Waals surface area contributed by atoms with Gasteiger partial charge >= 0.3 is 5.97 Å². The summed E-state index contributed by atoms with van der Waals surface area (Å²) in [7, 11) is -3.47. The van der Waals surface area contributed by atoms with Crippen molar-refractivity contribution in [1.29, 1.82) is 0 Å². The molecule has 5 nitrogen and oxygen atoms in total. The van der Waals surface area contributed by atoms with Gasteiger partial charge in [-0.05, 0) is 30.4 Å². The van der Waals surface area contributed by atoms with Gasteiger partial charge in [-0.1, -0.05) is 63.3 Å². The van der Waals surface area contributed by atoms with Crippen LogP contribution in [-0.4, -0.2) is 31.3 Å². The lowest BCUT2D eigenvalue weighted by Crippen LogP contribution is -2.29. The van der Waals surface area contributed by atoms with Gasteiger partial charge in [-0.15, -0.1) is 0 Å². The second-order valence-electron chi connectivity index (χ2n) is 8.08. The predicted octanol–water partition coefficient (Wildman–Crippen LogP) is 3.77. The molecule has 1 aliphatic carbocycles. The highest BCUT2D eigenvalue weighted by Crippen LogP contribution is 2.27. The van der Waals surface area contributed by atoms with E-state index in [1.165, 1.54) is 39.0 Å². The van der Waals surface area contributed by atoms with E-state index in [0.717, 1.165) is 23.5 Å². The lowest BCUT2D eigenvalue weighted by molar-refractivity contribution is -0.140. The first-order valence-electron chi connectivity index (χ1n) is 10.00. The van der Waals surface area contributed by atoms with Crippen molar-refractivity contribution in [2.45, 2.75) is 70.7 Å². The second kappa shape index (κ2) is 10.2. The highest BCUT2D eigenvalue weighted by molar-refractivity contribution is 7.90. The number of carboxylic acids is 1. The standard InChI is InChI=1S/C21H33NO4S/c1-16(21(23)24)14-27(25,26)15-20-11-7-6-10-19(20)13-22-17(2)12-18-8-4-3-5-9-18/h6-7,10-11,16-18,22H,3-5,8-9,12-15H2,1-2H3,(H,23,24)/t16-,17?/m0/s1. The minimum Gasteiger partial charge on any atom is -0.481 e. The van der Waals surface area contributed by atoms with Gasteiger partial charge in [0.15, 0.2) is 9.84 Å². The normalized spacial score (nSPS) is 18.1. The molecular formula is C21H33NO4S. The van der Waals surface area contributed by atoms with Gasteiger partial charge in [0, 0.05) is 12.6 Å². The number of rotatable bonds is 10. The van der Waals surface area contributed by atoms with E-state index < -0.39 is 21.7 Å². The molecule has 0 spiro atoms. The van der Waals surface area contributed by atoms with Crippen molar-refractivity contribution < 1.29 is 18.3 Å². The van der Waals surface area contributed by atoms with E-state index in [9.17, 15) is 13.2 Å². The number of hydrogen-bond donors (Lipinski definition) is 2. The number of carboxylic acid groups (broad SMARTS) is 1. The molecule has 1 aliphatic rings. The number of benzene rings is 1. The molecule has 1 saturated carbocycles. The van der Waals surface area contributed by atoms with Crippen molar-refractivity contribution in [2.75, 3.05) is 5.75 Å². The third kappa shape index (κ3) is 7.62. The molecule has 1 aromatic carbocycles. The molecule has 0 heterocycles. The van der Waals surface area contributed by atoms with E-state index in [4.69, 9.17) is 5.11 Å². The maximum Gasteiger partial charge on any atom is 0.307 e. The molecule has 0 radical (unpaired) electrons. The van der Waals surface area contributed by atoms with Gasteiger partial charge in [0.1, 0.15) is 0 Å². The Morgan fingerprint density at radius 3 is 2.41 bits per heavy atom. The SMILES string of the molecule is CC(CC1CCCCC1)NCc1ccccc1CS(=O)(=O)C[C@H](C)C(=O)O. The average Bonchev–Trinajstić information content (AvgIpc) is 2.61. The first-order valence-corrected chi connectivity index (χ1v) is 11.8. The molecule has 0 aromatic heterocycles. The Balaban J connectivity index is 1.93. The predicted molar refractivity (Wildman–Crippen MR) is 108 cm³/mol. The van der Waals surface area contributed by atoms with E-state index in [1.54, 1.807) is 0 Å². The summed E-state index contributed by atoms with van der Waals surface area (Å²) < 4.78 is 24.8. The molecule has 2 N–H and O–H groups in total. The topological polar surface area (TPSA) is 83.5 Å². The van der Waals surface area contributed by atoms with Crippen LogP contribution in [0, 0.1) is 11.8 Å². The fourth-order valence-corrected chi connectivity index (χ4v) is 5.69. The fourth-order valence-electron chi connectivity index (χ4n) is 3.91. The van der Waals surface area contributed by atoms with E-state index in [1.807, 2.05) is 24.3 Å². The molecule has 0 bridgehead atoms. The lowest BCUT2D eigenvalue weighted by atomic mass is 9.85. The second-order valence-corrected chi connectivity index (χ2v) is 10.2. The Kier molecular flexibility index (Phi) is 8.29. The highest BCUT2D eigenvalue weighted by Gasteiger charge is 2.22. The van der Waals surface area contributed by atoms with Crippen LogP contribution >= 0.6 is 0 Å². The number of hydrogen-bond acceptors (Lipinski definition) is 4. The zero-order valence-electron chi connectivity index (χ0n) is 16.5. The molecule has 2 atom stereocenters. The van der Waals surface area contributed by atoms with Crippen LogP contribution in [0.4, 0.5) is 0 Å². The number of nitrogens with one attached hydrogen (secondary N) is 1. The van der Waals surface area contributed by atoms with Crippen LogP contribution < -0.4 is 5.32 Å². The van der Waals surface area contributed by atoms with Crippen molar-refractivity contribution in [2.24, 2.45) is 11.8 Å². The van der Waals surface area contributed by atoms with Crippen LogP contribution in [0.3, 0.4) is 0 Å². The quantitative estimate of drug-likeness (QED) is 0.630. The largest absolute Gasteiger partial charge is 0.481 e. The number of carbonyl (C=O) groups is 1. The molecule has 1 aromatic rings. The summed E-state index contributed by atoms with van der Waals surface area (Å²) in [5, 5.41) is 12.5. The summed E-state index contributed by atoms with van der Waals surface area (Å²) >= 11 is 0. The summed E-state index contributed by atoms with van der Waals surface area (Å²) in [5.41, 5.74) is 1.73. The molecule has 6 heteroatoms. The third-order valence-corrected chi connectivity index (χ3v) is 7.23. The van der Waals surface area contributed by atoms with Crippen LogP contribution in [0.2, 0.25) is 0 Å². The lowest BCUT2D eigenvalue weighted by Gasteiger charge is -2.25. The van der Waals surface area contributed by atoms with Gasteiger partial charge in [-0.25, -0.2) is 8.42 Å². The Morgan fingerprint density at radius 2 is 1.78 bits per heavy atom. The Morgan fingerprint density at radius 1 is 1.15 bits per heavy atom. The molecule has 2 rings (SSSR count). The molecule has 27 heavy (non-hydrogen) atoms.